The molecule has 1 rings (SSSR count). The summed E-state index contributed by atoms with van der Waals surface area (Å²) >= 11 is 3.75. The first-order valence-electron chi connectivity index (χ1n) is 3.38. The lowest BCUT2D eigenvalue weighted by atomic mass is 9.94. The molecule has 0 bridgehead atoms. The predicted octanol–water partition coefficient (Wildman–Crippen LogP) is 1.12. The summed E-state index contributed by atoms with van der Waals surface area (Å²) in [5.74, 6) is 0. The molecule has 0 unspecified atom stereocenters. The third-order valence-corrected chi connectivity index (χ3v) is 2.17. The Morgan fingerprint density at radius 2 is 1.78 bits per heavy atom. The molecule has 9 heavy (non-hydrogen) atoms. The second kappa shape index (κ2) is 3.44. The number of rotatable bonds is 1. The van der Waals surface area contributed by atoms with Crippen LogP contribution in [-0.4, -0.2) is 12.1 Å². The number of thiol groups is 1. The van der Waals surface area contributed by atoms with Gasteiger partial charge in [-0.25, -0.2) is 0 Å². The Morgan fingerprint density at radius 1 is 1.22 bits per heavy atom. The van der Waals surface area contributed by atoms with Gasteiger partial charge < -0.3 is 9.92 Å². The zero-order valence-electron chi connectivity index (χ0n) is 5.42. The monoisotopic (exact) mass is 147 g/mol. The van der Waals surface area contributed by atoms with E-state index in [9.17, 15) is 0 Å². The second-order valence-corrected chi connectivity index (χ2v) is 2.85. The van der Waals surface area contributed by atoms with E-state index < -0.39 is 0 Å². The highest BCUT2D eigenvalue weighted by atomic mass is 32.1. The Kier molecular flexibility index (Phi) is 2.82. The van der Waals surface area contributed by atoms with Gasteiger partial charge in [0.2, 0.25) is 0 Å². The van der Waals surface area contributed by atoms with Gasteiger partial charge in [0.15, 0.2) is 0 Å². The van der Waals surface area contributed by atoms with Crippen molar-refractivity contribution >= 4 is 12.9 Å². The average molecular weight is 147 g/mol. The molecule has 0 aromatic heterocycles. The summed E-state index contributed by atoms with van der Waals surface area (Å²) in [7, 11) is 0. The molecule has 54 valence electrons. The molecule has 0 atom stereocenters. The minimum atomic E-state index is 0.355. The van der Waals surface area contributed by atoms with Crippen LogP contribution in [0.3, 0.4) is 0 Å². The van der Waals surface area contributed by atoms with Crippen molar-refractivity contribution in [1.82, 2.24) is 0 Å². The van der Waals surface area contributed by atoms with E-state index in [0.29, 0.717) is 12.1 Å². The van der Waals surface area contributed by atoms with Crippen LogP contribution in [0.1, 0.15) is 25.7 Å². The summed E-state index contributed by atoms with van der Waals surface area (Å²) < 4.78 is 4.88. The maximum absolute atomic E-state index is 5.67. The van der Waals surface area contributed by atoms with E-state index >= 15 is 0 Å². The molecule has 0 amide bonds. The van der Waals surface area contributed by atoms with Crippen LogP contribution < -0.4 is 5.73 Å². The van der Waals surface area contributed by atoms with Crippen molar-refractivity contribution in [1.29, 1.82) is 0 Å². The van der Waals surface area contributed by atoms with E-state index in [2.05, 4.69) is 12.9 Å². The van der Waals surface area contributed by atoms with Crippen LogP contribution >= 0.6 is 12.9 Å². The SMILES string of the molecule is NC1CCC(OS)CC1. The topological polar surface area (TPSA) is 35.2 Å². The van der Waals surface area contributed by atoms with Crippen molar-refractivity contribution in [3.8, 4) is 0 Å². The summed E-state index contributed by atoms with van der Waals surface area (Å²) in [6.45, 7) is 0. The third-order valence-electron chi connectivity index (χ3n) is 1.87. The molecule has 0 aromatic rings. The standard InChI is InChI=1S/C6H13NOS/c7-5-1-3-6(8-9)4-2-5/h5-6,9H,1-4,7H2. The molecule has 2 nitrogen and oxygen atoms in total. The minimum absolute atomic E-state index is 0.355. The minimum Gasteiger partial charge on any atom is -0.328 e. The molecule has 1 saturated carbocycles. The largest absolute Gasteiger partial charge is 0.328 e. The zero-order valence-corrected chi connectivity index (χ0v) is 6.31. The zero-order chi connectivity index (χ0) is 6.69. The summed E-state index contributed by atoms with van der Waals surface area (Å²) in [6, 6.07) is 0.407. The predicted molar refractivity (Wildman–Crippen MR) is 40.3 cm³/mol. The molecule has 0 spiro atoms. The fourth-order valence-electron chi connectivity index (χ4n) is 1.19. The summed E-state index contributed by atoms with van der Waals surface area (Å²) in [4.78, 5) is 0. The van der Waals surface area contributed by atoms with Crippen LogP contribution in [0.25, 0.3) is 0 Å². The highest BCUT2D eigenvalue weighted by Gasteiger charge is 2.17. The molecule has 0 radical (unpaired) electrons. The van der Waals surface area contributed by atoms with Crippen molar-refractivity contribution in [3.05, 3.63) is 0 Å². The van der Waals surface area contributed by atoms with Crippen molar-refractivity contribution in [2.75, 3.05) is 0 Å². The molecule has 1 fully saturated rings. The number of nitrogens with two attached hydrogens (primary N) is 1. The van der Waals surface area contributed by atoms with Gasteiger partial charge in [0, 0.05) is 6.04 Å². The molecule has 2 N–H and O–H groups in total. The maximum Gasteiger partial charge on any atom is 0.0720 e. The Bertz CT molecular complexity index is 81.1. The second-order valence-electron chi connectivity index (χ2n) is 2.64. The lowest BCUT2D eigenvalue weighted by molar-refractivity contribution is 0.179. The third kappa shape index (κ3) is 2.16. The molecular formula is C6H13NOS. The van der Waals surface area contributed by atoms with E-state index in [1.165, 1.54) is 0 Å². The van der Waals surface area contributed by atoms with Crippen LogP contribution in [-0.2, 0) is 4.18 Å². The van der Waals surface area contributed by atoms with E-state index in [1.807, 2.05) is 0 Å². The highest BCUT2D eigenvalue weighted by Crippen LogP contribution is 2.20. The van der Waals surface area contributed by atoms with Crippen molar-refractivity contribution in [3.63, 3.8) is 0 Å². The molecule has 1 aliphatic carbocycles. The summed E-state index contributed by atoms with van der Waals surface area (Å²) in [5, 5.41) is 0. The van der Waals surface area contributed by atoms with Gasteiger partial charge in [-0.15, -0.1) is 0 Å². The molecule has 0 saturated heterocycles. The Morgan fingerprint density at radius 3 is 2.22 bits per heavy atom. The van der Waals surface area contributed by atoms with Crippen molar-refractivity contribution < 1.29 is 4.18 Å². The molecular weight excluding hydrogens is 134 g/mol. The van der Waals surface area contributed by atoms with E-state index in [1.54, 1.807) is 0 Å². The van der Waals surface area contributed by atoms with Crippen LogP contribution in [0.5, 0.6) is 0 Å². The molecule has 0 aliphatic heterocycles. The van der Waals surface area contributed by atoms with Gasteiger partial charge in [-0.05, 0) is 38.6 Å². The van der Waals surface area contributed by atoms with Gasteiger partial charge >= 0.3 is 0 Å². The maximum atomic E-state index is 5.67. The fourth-order valence-corrected chi connectivity index (χ4v) is 1.40. The fraction of sp³-hybridized carbons (Fsp3) is 1.00. The molecule has 0 aromatic carbocycles. The Labute approximate surface area is 61.4 Å². The smallest absolute Gasteiger partial charge is 0.0720 e. The van der Waals surface area contributed by atoms with Crippen LogP contribution in [0.4, 0.5) is 0 Å². The molecule has 1 aliphatic rings. The first-order valence-corrected chi connectivity index (χ1v) is 3.75. The molecule has 3 heteroatoms. The van der Waals surface area contributed by atoms with Crippen molar-refractivity contribution in [2.24, 2.45) is 5.73 Å². The van der Waals surface area contributed by atoms with Gasteiger partial charge in [0.05, 0.1) is 6.10 Å². The quantitative estimate of drug-likeness (QED) is 0.430. The van der Waals surface area contributed by atoms with Gasteiger partial charge in [-0.2, -0.15) is 0 Å². The number of hydrogen-bond donors (Lipinski definition) is 2. The van der Waals surface area contributed by atoms with E-state index in [-0.39, 0.29) is 0 Å². The number of hydrogen-bond acceptors (Lipinski definition) is 3. The van der Waals surface area contributed by atoms with Gasteiger partial charge in [0.25, 0.3) is 0 Å². The van der Waals surface area contributed by atoms with E-state index in [4.69, 9.17) is 9.92 Å². The molecule has 0 heterocycles. The van der Waals surface area contributed by atoms with Crippen LogP contribution in [0.2, 0.25) is 0 Å². The van der Waals surface area contributed by atoms with Gasteiger partial charge in [-0.3, -0.25) is 0 Å². The lowest BCUT2D eigenvalue weighted by Crippen LogP contribution is -2.28. The first kappa shape index (κ1) is 7.38. The summed E-state index contributed by atoms with van der Waals surface area (Å²) in [5.41, 5.74) is 5.67. The lowest BCUT2D eigenvalue weighted by Gasteiger charge is -2.23. The normalized spacial score (nSPS) is 36.7. The summed E-state index contributed by atoms with van der Waals surface area (Å²) in [6.07, 6.45) is 4.68. The average Bonchev–Trinajstić information content (AvgIpc) is 1.90. The Balaban J connectivity index is 2.18. The van der Waals surface area contributed by atoms with Gasteiger partial charge in [-0.1, -0.05) is 0 Å². The Hall–Kier alpha value is 0.270. The highest BCUT2D eigenvalue weighted by molar-refractivity contribution is 7.75. The van der Waals surface area contributed by atoms with Gasteiger partial charge in [0.1, 0.15) is 0 Å². The van der Waals surface area contributed by atoms with Crippen LogP contribution in [0.15, 0.2) is 0 Å². The van der Waals surface area contributed by atoms with Crippen LogP contribution in [0, 0.1) is 0 Å². The van der Waals surface area contributed by atoms with E-state index in [0.717, 1.165) is 25.7 Å². The first-order chi connectivity index (χ1) is 4.33. The van der Waals surface area contributed by atoms with Crippen molar-refractivity contribution in [2.45, 2.75) is 37.8 Å².